The second-order valence-electron chi connectivity index (χ2n) is 5.53. The molecule has 0 saturated carbocycles. The highest BCUT2D eigenvalue weighted by atomic mass is 35.5. The maximum Gasteiger partial charge on any atom is 0.238 e. The van der Waals surface area contributed by atoms with E-state index in [-0.39, 0.29) is 5.91 Å². The standard InChI is InChI=1S/C15H22ClN3O2/c1-19(9-11-4-6-21-7-5-11)10-15(20)18-14-3-2-12(16)8-13(14)17/h2-3,8,11H,4-7,9-10,17H2,1H3,(H,18,20). The first kappa shape index (κ1) is 16.1. The van der Waals surface area contributed by atoms with Gasteiger partial charge in [0.1, 0.15) is 0 Å². The van der Waals surface area contributed by atoms with Gasteiger partial charge in [0.05, 0.1) is 17.9 Å². The predicted octanol–water partition coefficient (Wildman–Crippen LogP) is 2.22. The lowest BCUT2D eigenvalue weighted by atomic mass is 10.00. The Hall–Kier alpha value is -1.30. The third-order valence-corrected chi connectivity index (χ3v) is 3.85. The molecule has 6 heteroatoms. The number of halogens is 1. The number of nitrogen functional groups attached to an aromatic ring is 1. The molecule has 3 N–H and O–H groups in total. The molecule has 1 saturated heterocycles. The number of carbonyl (C=O) groups is 1. The fourth-order valence-electron chi connectivity index (χ4n) is 2.52. The highest BCUT2D eigenvalue weighted by molar-refractivity contribution is 6.31. The summed E-state index contributed by atoms with van der Waals surface area (Å²) in [7, 11) is 1.96. The number of carbonyl (C=O) groups excluding carboxylic acids is 1. The van der Waals surface area contributed by atoms with Crippen LogP contribution in [0.3, 0.4) is 0 Å². The molecule has 21 heavy (non-hydrogen) atoms. The Morgan fingerprint density at radius 1 is 1.48 bits per heavy atom. The number of likely N-dealkylation sites (N-methyl/N-ethyl adjacent to an activating group) is 1. The van der Waals surface area contributed by atoms with Crippen LogP contribution in [0.5, 0.6) is 0 Å². The molecule has 1 aromatic carbocycles. The molecule has 0 aliphatic carbocycles. The number of nitrogens with zero attached hydrogens (tertiary/aromatic N) is 1. The maximum absolute atomic E-state index is 12.0. The van der Waals surface area contributed by atoms with Gasteiger partial charge >= 0.3 is 0 Å². The first-order valence-electron chi connectivity index (χ1n) is 7.16. The van der Waals surface area contributed by atoms with Crippen molar-refractivity contribution in [3.63, 3.8) is 0 Å². The molecule has 1 fully saturated rings. The van der Waals surface area contributed by atoms with Crippen molar-refractivity contribution in [3.8, 4) is 0 Å². The van der Waals surface area contributed by atoms with E-state index in [1.165, 1.54) is 0 Å². The van der Waals surface area contributed by atoms with Crippen molar-refractivity contribution >= 4 is 28.9 Å². The van der Waals surface area contributed by atoms with Gasteiger partial charge in [-0.3, -0.25) is 9.69 Å². The largest absolute Gasteiger partial charge is 0.397 e. The summed E-state index contributed by atoms with van der Waals surface area (Å²) in [6.45, 7) is 2.91. The second kappa shape index (κ2) is 7.64. The molecule has 1 aromatic rings. The highest BCUT2D eigenvalue weighted by Gasteiger charge is 2.17. The summed E-state index contributed by atoms with van der Waals surface area (Å²) >= 11 is 5.84. The molecule has 0 radical (unpaired) electrons. The summed E-state index contributed by atoms with van der Waals surface area (Å²) < 4.78 is 5.34. The van der Waals surface area contributed by atoms with Crippen LogP contribution in [-0.4, -0.2) is 44.2 Å². The molecule has 0 unspecified atom stereocenters. The van der Waals surface area contributed by atoms with E-state index in [1.807, 2.05) is 11.9 Å². The number of ether oxygens (including phenoxy) is 1. The Kier molecular flexibility index (Phi) is 5.85. The lowest BCUT2D eigenvalue weighted by Crippen LogP contribution is -2.35. The van der Waals surface area contributed by atoms with Gasteiger partial charge in [-0.2, -0.15) is 0 Å². The molecule has 1 heterocycles. The van der Waals surface area contributed by atoms with Crippen LogP contribution in [0.15, 0.2) is 18.2 Å². The number of hydrogen-bond acceptors (Lipinski definition) is 4. The van der Waals surface area contributed by atoms with Gasteiger partial charge in [0, 0.05) is 24.8 Å². The molecule has 1 aliphatic rings. The lowest BCUT2D eigenvalue weighted by molar-refractivity contribution is -0.117. The molecule has 116 valence electrons. The van der Waals surface area contributed by atoms with Gasteiger partial charge in [0.2, 0.25) is 5.91 Å². The van der Waals surface area contributed by atoms with Crippen molar-refractivity contribution in [3.05, 3.63) is 23.2 Å². The van der Waals surface area contributed by atoms with Crippen molar-refractivity contribution in [2.45, 2.75) is 12.8 Å². The minimum absolute atomic E-state index is 0.0708. The van der Waals surface area contributed by atoms with E-state index in [0.717, 1.165) is 32.6 Å². The summed E-state index contributed by atoms with van der Waals surface area (Å²) in [5, 5.41) is 3.37. The van der Waals surface area contributed by atoms with Gasteiger partial charge < -0.3 is 15.8 Å². The minimum atomic E-state index is -0.0708. The quantitative estimate of drug-likeness (QED) is 0.818. The number of amides is 1. The number of rotatable bonds is 5. The van der Waals surface area contributed by atoms with Crippen LogP contribution in [0.25, 0.3) is 0 Å². The molecular formula is C15H22ClN3O2. The number of hydrogen-bond donors (Lipinski definition) is 2. The minimum Gasteiger partial charge on any atom is -0.397 e. The average Bonchev–Trinajstić information content (AvgIpc) is 2.43. The summed E-state index contributed by atoms with van der Waals surface area (Å²) in [5.41, 5.74) is 6.90. The van der Waals surface area contributed by atoms with Crippen LogP contribution in [0, 0.1) is 5.92 Å². The van der Waals surface area contributed by atoms with E-state index in [4.69, 9.17) is 22.1 Å². The van der Waals surface area contributed by atoms with Gasteiger partial charge in [0.25, 0.3) is 0 Å². The van der Waals surface area contributed by atoms with Crippen molar-refractivity contribution in [2.75, 3.05) is 44.4 Å². The Labute approximate surface area is 130 Å². The summed E-state index contributed by atoms with van der Waals surface area (Å²) in [6.07, 6.45) is 2.13. The Balaban J connectivity index is 1.80. The van der Waals surface area contributed by atoms with Crippen molar-refractivity contribution in [1.29, 1.82) is 0 Å². The zero-order valence-electron chi connectivity index (χ0n) is 12.3. The monoisotopic (exact) mass is 311 g/mol. The number of nitrogens with one attached hydrogen (secondary N) is 1. The molecular weight excluding hydrogens is 290 g/mol. The number of anilines is 2. The van der Waals surface area contributed by atoms with Gasteiger partial charge in [-0.25, -0.2) is 0 Å². The zero-order valence-corrected chi connectivity index (χ0v) is 13.0. The third kappa shape index (κ3) is 5.19. The topological polar surface area (TPSA) is 67.6 Å². The lowest BCUT2D eigenvalue weighted by Gasteiger charge is -2.26. The SMILES string of the molecule is CN(CC(=O)Nc1ccc(Cl)cc1N)CC1CCOCC1. The molecule has 5 nitrogen and oxygen atoms in total. The van der Waals surface area contributed by atoms with Crippen molar-refractivity contribution in [2.24, 2.45) is 5.92 Å². The first-order chi connectivity index (χ1) is 10.0. The van der Waals surface area contributed by atoms with Crippen LogP contribution in [0.4, 0.5) is 11.4 Å². The van der Waals surface area contributed by atoms with E-state index < -0.39 is 0 Å². The molecule has 0 spiro atoms. The van der Waals surface area contributed by atoms with Gasteiger partial charge in [0.15, 0.2) is 0 Å². The second-order valence-corrected chi connectivity index (χ2v) is 5.97. The Morgan fingerprint density at radius 3 is 2.86 bits per heavy atom. The molecule has 2 rings (SSSR count). The van der Waals surface area contributed by atoms with E-state index in [1.54, 1.807) is 18.2 Å². The summed E-state index contributed by atoms with van der Waals surface area (Å²) in [6, 6.07) is 5.05. The molecule has 0 bridgehead atoms. The molecule has 0 aromatic heterocycles. The number of nitrogens with two attached hydrogens (primary N) is 1. The van der Waals surface area contributed by atoms with Gasteiger partial charge in [-0.15, -0.1) is 0 Å². The maximum atomic E-state index is 12.0. The fourth-order valence-corrected chi connectivity index (χ4v) is 2.70. The number of benzene rings is 1. The first-order valence-corrected chi connectivity index (χ1v) is 7.53. The normalized spacial score (nSPS) is 16.1. The van der Waals surface area contributed by atoms with Crippen LogP contribution < -0.4 is 11.1 Å². The van der Waals surface area contributed by atoms with Crippen molar-refractivity contribution in [1.82, 2.24) is 4.90 Å². The van der Waals surface area contributed by atoms with Gasteiger partial charge in [-0.05, 0) is 44.0 Å². The van der Waals surface area contributed by atoms with Crippen LogP contribution >= 0.6 is 11.6 Å². The Morgan fingerprint density at radius 2 is 2.19 bits per heavy atom. The van der Waals surface area contributed by atoms with Crippen LogP contribution in [0.2, 0.25) is 5.02 Å². The fraction of sp³-hybridized carbons (Fsp3) is 0.533. The molecule has 1 amide bonds. The van der Waals surface area contributed by atoms with E-state index >= 15 is 0 Å². The van der Waals surface area contributed by atoms with Crippen molar-refractivity contribution < 1.29 is 9.53 Å². The highest BCUT2D eigenvalue weighted by Crippen LogP contribution is 2.22. The summed E-state index contributed by atoms with van der Waals surface area (Å²) in [5.74, 6) is 0.538. The van der Waals surface area contributed by atoms with E-state index in [9.17, 15) is 4.79 Å². The predicted molar refractivity (Wildman–Crippen MR) is 85.5 cm³/mol. The van der Waals surface area contributed by atoms with E-state index in [2.05, 4.69) is 5.32 Å². The summed E-state index contributed by atoms with van der Waals surface area (Å²) in [4.78, 5) is 14.1. The molecule has 0 atom stereocenters. The van der Waals surface area contributed by atoms with Crippen LogP contribution in [0.1, 0.15) is 12.8 Å². The molecule has 1 aliphatic heterocycles. The zero-order chi connectivity index (χ0) is 15.2. The average molecular weight is 312 g/mol. The Bertz CT molecular complexity index is 490. The van der Waals surface area contributed by atoms with E-state index in [0.29, 0.717) is 28.9 Å². The smallest absolute Gasteiger partial charge is 0.238 e. The third-order valence-electron chi connectivity index (χ3n) is 3.61. The van der Waals surface area contributed by atoms with Gasteiger partial charge in [-0.1, -0.05) is 11.6 Å². The van der Waals surface area contributed by atoms with Crippen LogP contribution in [-0.2, 0) is 9.53 Å².